The molecular weight excluding hydrogens is 332 g/mol. The predicted octanol–water partition coefficient (Wildman–Crippen LogP) is 2.65. The molecule has 0 bridgehead atoms. The number of alkyl halides is 2. The van der Waals surface area contributed by atoms with Crippen LogP contribution in [0.4, 0.5) is 19.5 Å². The van der Waals surface area contributed by atoms with Gasteiger partial charge in [-0.1, -0.05) is 0 Å². The quantitative estimate of drug-likeness (QED) is 0.898. The van der Waals surface area contributed by atoms with Crippen molar-refractivity contribution in [1.82, 2.24) is 14.9 Å². The Morgan fingerprint density at radius 2 is 2.12 bits per heavy atom. The molecule has 1 fully saturated rings. The van der Waals surface area contributed by atoms with Crippen LogP contribution in [0, 0.1) is 17.2 Å². The van der Waals surface area contributed by atoms with E-state index >= 15 is 0 Å². The summed E-state index contributed by atoms with van der Waals surface area (Å²) in [7, 11) is 0. The summed E-state index contributed by atoms with van der Waals surface area (Å²) in [5.41, 5.74) is -0.431. The van der Waals surface area contributed by atoms with Gasteiger partial charge in [-0.2, -0.15) is 5.26 Å². The molecule has 1 amide bonds. The summed E-state index contributed by atoms with van der Waals surface area (Å²) in [6.07, 6.45) is 2.04. The SMILES string of the molecule is CC(C)(C)OC(=O)N1CC[C@H](CNc2ncc(C#N)cn2)C(F)(F)C1. The number of likely N-dealkylation sites (tertiary alicyclic amines) is 1. The van der Waals surface area contributed by atoms with E-state index in [9.17, 15) is 13.6 Å². The van der Waals surface area contributed by atoms with E-state index in [4.69, 9.17) is 10.00 Å². The number of anilines is 1. The third-order valence-electron chi connectivity index (χ3n) is 3.69. The highest BCUT2D eigenvalue weighted by Crippen LogP contribution is 2.33. The van der Waals surface area contributed by atoms with Crippen molar-refractivity contribution in [3.8, 4) is 6.07 Å². The van der Waals surface area contributed by atoms with Gasteiger partial charge in [0, 0.05) is 19.0 Å². The van der Waals surface area contributed by atoms with Crippen LogP contribution in [0.5, 0.6) is 0 Å². The highest BCUT2D eigenvalue weighted by molar-refractivity contribution is 5.68. The molecule has 0 saturated carbocycles. The van der Waals surface area contributed by atoms with Crippen LogP contribution in [0.3, 0.4) is 0 Å². The fraction of sp³-hybridized carbons (Fsp3) is 0.625. The maximum Gasteiger partial charge on any atom is 0.410 e. The minimum atomic E-state index is -3.05. The molecule has 2 heterocycles. The van der Waals surface area contributed by atoms with E-state index in [-0.39, 0.29) is 25.5 Å². The lowest BCUT2D eigenvalue weighted by Gasteiger charge is -2.38. The van der Waals surface area contributed by atoms with Crippen LogP contribution < -0.4 is 5.32 Å². The molecule has 25 heavy (non-hydrogen) atoms. The van der Waals surface area contributed by atoms with Gasteiger partial charge in [-0.15, -0.1) is 0 Å². The first-order valence-electron chi connectivity index (χ1n) is 7.92. The average molecular weight is 353 g/mol. The number of carbonyl (C=O) groups is 1. The molecule has 0 aromatic carbocycles. The number of halogens is 2. The molecule has 9 heteroatoms. The maximum atomic E-state index is 14.4. The normalized spacial score (nSPS) is 19.8. The molecule has 1 atom stereocenters. The van der Waals surface area contributed by atoms with Crippen molar-refractivity contribution < 1.29 is 18.3 Å². The zero-order valence-electron chi connectivity index (χ0n) is 14.4. The first-order valence-corrected chi connectivity index (χ1v) is 7.92. The second kappa shape index (κ2) is 7.17. The van der Waals surface area contributed by atoms with E-state index < -0.39 is 30.1 Å². The lowest BCUT2D eigenvalue weighted by Crippen LogP contribution is -2.53. The van der Waals surface area contributed by atoms with E-state index in [0.29, 0.717) is 5.56 Å². The van der Waals surface area contributed by atoms with Crippen molar-refractivity contribution in [3.63, 3.8) is 0 Å². The number of nitriles is 1. The fourth-order valence-electron chi connectivity index (χ4n) is 2.41. The second-order valence-electron chi connectivity index (χ2n) is 6.94. The van der Waals surface area contributed by atoms with Gasteiger partial charge in [-0.05, 0) is 27.2 Å². The molecule has 1 saturated heterocycles. The molecule has 136 valence electrons. The average Bonchev–Trinajstić information content (AvgIpc) is 2.52. The highest BCUT2D eigenvalue weighted by atomic mass is 19.3. The predicted molar refractivity (Wildman–Crippen MR) is 86.1 cm³/mol. The zero-order valence-corrected chi connectivity index (χ0v) is 14.4. The maximum absolute atomic E-state index is 14.4. The fourth-order valence-corrected chi connectivity index (χ4v) is 2.41. The lowest BCUT2D eigenvalue weighted by molar-refractivity contribution is -0.106. The molecule has 0 spiro atoms. The van der Waals surface area contributed by atoms with Gasteiger partial charge in [0.15, 0.2) is 0 Å². The van der Waals surface area contributed by atoms with Gasteiger partial charge < -0.3 is 15.0 Å². The van der Waals surface area contributed by atoms with Crippen LogP contribution >= 0.6 is 0 Å². The van der Waals surface area contributed by atoms with E-state index in [2.05, 4.69) is 15.3 Å². The van der Waals surface area contributed by atoms with Crippen molar-refractivity contribution >= 4 is 12.0 Å². The van der Waals surface area contributed by atoms with Gasteiger partial charge in [0.2, 0.25) is 5.95 Å². The van der Waals surface area contributed by atoms with Gasteiger partial charge in [0.25, 0.3) is 5.92 Å². The van der Waals surface area contributed by atoms with Crippen LogP contribution in [0.25, 0.3) is 0 Å². The summed E-state index contributed by atoms with van der Waals surface area (Å²) < 4.78 is 33.9. The van der Waals surface area contributed by atoms with E-state index in [1.807, 2.05) is 6.07 Å². The molecule has 1 N–H and O–H groups in total. The standard InChI is InChI=1S/C16H21F2N5O2/c1-15(2,3)25-14(24)23-5-4-12(16(17,18)10-23)9-22-13-20-7-11(6-19)8-21-13/h7-8,12H,4-5,9-10H2,1-3H3,(H,20,21,22)/t12-/m1/s1. The van der Waals surface area contributed by atoms with Gasteiger partial charge in [-0.25, -0.2) is 23.5 Å². The summed E-state index contributed by atoms with van der Waals surface area (Å²) >= 11 is 0. The zero-order chi connectivity index (χ0) is 18.7. The van der Waals surface area contributed by atoms with Crippen molar-refractivity contribution in [2.24, 2.45) is 5.92 Å². The molecule has 0 radical (unpaired) electrons. The number of piperidine rings is 1. The third kappa shape index (κ3) is 5.24. The molecule has 1 aliphatic rings. The number of aromatic nitrogens is 2. The number of amides is 1. The van der Waals surface area contributed by atoms with E-state index in [1.165, 1.54) is 12.4 Å². The first kappa shape index (κ1) is 18.8. The van der Waals surface area contributed by atoms with Crippen molar-refractivity contribution in [2.75, 3.05) is 25.0 Å². The van der Waals surface area contributed by atoms with Crippen molar-refractivity contribution in [3.05, 3.63) is 18.0 Å². The Kier molecular flexibility index (Phi) is 5.40. The molecular formula is C16H21F2N5O2. The number of carbonyl (C=O) groups excluding carboxylic acids is 1. The van der Waals surface area contributed by atoms with Crippen molar-refractivity contribution in [1.29, 1.82) is 5.26 Å². The second-order valence-corrected chi connectivity index (χ2v) is 6.94. The minimum Gasteiger partial charge on any atom is -0.444 e. The van der Waals surface area contributed by atoms with Gasteiger partial charge in [0.05, 0.1) is 24.5 Å². The Balaban J connectivity index is 1.91. The number of hydrogen-bond acceptors (Lipinski definition) is 6. The molecule has 1 aromatic heterocycles. The third-order valence-corrected chi connectivity index (χ3v) is 3.69. The minimum absolute atomic E-state index is 0.0267. The summed E-state index contributed by atoms with van der Waals surface area (Å²) in [4.78, 5) is 20.8. The van der Waals surface area contributed by atoms with Crippen LogP contribution in [-0.4, -0.2) is 52.1 Å². The number of ether oxygens (including phenoxy) is 1. The molecule has 7 nitrogen and oxygen atoms in total. The van der Waals surface area contributed by atoms with E-state index in [0.717, 1.165) is 4.90 Å². The van der Waals surface area contributed by atoms with Crippen molar-refractivity contribution in [2.45, 2.75) is 38.7 Å². The Morgan fingerprint density at radius 3 is 2.64 bits per heavy atom. The van der Waals surface area contributed by atoms with Gasteiger partial charge >= 0.3 is 6.09 Å². The molecule has 1 aliphatic heterocycles. The van der Waals surface area contributed by atoms with Gasteiger partial charge in [0.1, 0.15) is 11.7 Å². The van der Waals surface area contributed by atoms with Gasteiger partial charge in [-0.3, -0.25) is 0 Å². The number of hydrogen-bond donors (Lipinski definition) is 1. The smallest absolute Gasteiger partial charge is 0.410 e. The largest absolute Gasteiger partial charge is 0.444 e. The summed E-state index contributed by atoms with van der Waals surface area (Å²) in [6, 6.07) is 1.88. The molecule has 0 unspecified atom stereocenters. The van der Waals surface area contributed by atoms with Crippen LogP contribution in [-0.2, 0) is 4.74 Å². The summed E-state index contributed by atoms with van der Waals surface area (Å²) in [5.74, 6) is -3.82. The number of nitrogens with zero attached hydrogens (tertiary/aromatic N) is 4. The summed E-state index contributed by atoms with van der Waals surface area (Å²) in [6.45, 7) is 4.57. The summed E-state index contributed by atoms with van der Waals surface area (Å²) in [5, 5.41) is 11.4. The molecule has 0 aliphatic carbocycles. The Bertz CT molecular complexity index is 652. The topological polar surface area (TPSA) is 91.1 Å². The lowest BCUT2D eigenvalue weighted by atomic mass is 9.93. The molecule has 1 aromatic rings. The van der Waals surface area contributed by atoms with Crippen LogP contribution in [0.2, 0.25) is 0 Å². The Morgan fingerprint density at radius 1 is 1.48 bits per heavy atom. The Hall–Kier alpha value is -2.50. The first-order chi connectivity index (χ1) is 11.6. The number of nitrogens with one attached hydrogen (secondary N) is 1. The van der Waals surface area contributed by atoms with E-state index in [1.54, 1.807) is 20.8 Å². The molecule has 2 rings (SSSR count). The monoisotopic (exact) mass is 353 g/mol. The van der Waals surface area contributed by atoms with Crippen LogP contribution in [0.15, 0.2) is 12.4 Å². The Labute approximate surface area is 145 Å². The number of rotatable bonds is 3. The highest BCUT2D eigenvalue weighted by Gasteiger charge is 2.46. The van der Waals surface area contributed by atoms with Crippen LogP contribution in [0.1, 0.15) is 32.8 Å².